The van der Waals surface area contributed by atoms with Crippen molar-refractivity contribution in [2.24, 2.45) is 0 Å². The number of sulfonamides is 1. The first kappa shape index (κ1) is 21.1. The van der Waals surface area contributed by atoms with Gasteiger partial charge in [-0.2, -0.15) is 0 Å². The van der Waals surface area contributed by atoms with Crippen molar-refractivity contribution in [1.82, 2.24) is 14.9 Å². The zero-order valence-electron chi connectivity index (χ0n) is 16.1. The Labute approximate surface area is 174 Å². The number of amides is 1. The van der Waals surface area contributed by atoms with Gasteiger partial charge in [0, 0.05) is 11.6 Å². The number of anilines is 1. The van der Waals surface area contributed by atoms with Crippen LogP contribution in [0.15, 0.2) is 58.9 Å². The summed E-state index contributed by atoms with van der Waals surface area (Å²) in [6.07, 6.45) is 1.41. The number of nitrogens with zero attached hydrogens (tertiary/aromatic N) is 2. The molecule has 0 radical (unpaired) electrons. The molecule has 152 valence electrons. The predicted molar refractivity (Wildman–Crippen MR) is 114 cm³/mol. The van der Waals surface area contributed by atoms with Crippen molar-refractivity contribution < 1.29 is 13.2 Å². The van der Waals surface area contributed by atoms with Gasteiger partial charge in [-0.25, -0.2) is 13.1 Å². The van der Waals surface area contributed by atoms with Gasteiger partial charge in [-0.1, -0.05) is 59.4 Å². The molecule has 0 saturated heterocycles. The van der Waals surface area contributed by atoms with Crippen LogP contribution < -0.4 is 10.0 Å². The first-order valence-corrected chi connectivity index (χ1v) is 11.4. The maximum absolute atomic E-state index is 12.6. The van der Waals surface area contributed by atoms with Crippen LogP contribution in [0.1, 0.15) is 34.8 Å². The van der Waals surface area contributed by atoms with Crippen LogP contribution >= 0.6 is 11.3 Å². The average molecular weight is 431 g/mol. The highest BCUT2D eigenvalue weighted by molar-refractivity contribution is 7.91. The Hall–Kier alpha value is -2.62. The van der Waals surface area contributed by atoms with E-state index in [4.69, 9.17) is 0 Å². The van der Waals surface area contributed by atoms with Crippen LogP contribution in [0.3, 0.4) is 0 Å². The predicted octanol–water partition coefficient (Wildman–Crippen LogP) is 3.40. The molecule has 1 amide bonds. The third-order valence-corrected chi connectivity index (χ3v) is 7.00. The first-order valence-electron chi connectivity index (χ1n) is 9.11. The zero-order valence-corrected chi connectivity index (χ0v) is 17.8. The van der Waals surface area contributed by atoms with Crippen molar-refractivity contribution in [2.45, 2.75) is 37.1 Å². The zero-order chi connectivity index (χ0) is 20.9. The summed E-state index contributed by atoms with van der Waals surface area (Å²) in [5.41, 5.74) is 2.57. The highest BCUT2D eigenvalue weighted by Gasteiger charge is 2.23. The summed E-state index contributed by atoms with van der Waals surface area (Å²) in [5.74, 6) is -0.363. The number of hydrogen-bond donors (Lipinski definition) is 2. The fourth-order valence-electron chi connectivity index (χ4n) is 2.73. The van der Waals surface area contributed by atoms with Gasteiger partial charge in [-0.05, 0) is 44.4 Å². The molecule has 0 fully saturated rings. The molecule has 1 atom stereocenters. The lowest BCUT2D eigenvalue weighted by Crippen LogP contribution is -2.32. The quantitative estimate of drug-likeness (QED) is 0.534. The van der Waals surface area contributed by atoms with Gasteiger partial charge in [-0.15, -0.1) is 10.2 Å². The first-order chi connectivity index (χ1) is 13.8. The van der Waals surface area contributed by atoms with Crippen molar-refractivity contribution >= 4 is 32.4 Å². The van der Waals surface area contributed by atoms with Crippen LogP contribution in [0.25, 0.3) is 0 Å². The molecule has 1 aromatic heterocycles. The number of carbonyl (C=O) groups excluding carboxylic acids is 1. The molecule has 0 saturated carbocycles. The van der Waals surface area contributed by atoms with E-state index < -0.39 is 10.0 Å². The van der Waals surface area contributed by atoms with Gasteiger partial charge in [0.15, 0.2) is 0 Å². The van der Waals surface area contributed by atoms with Crippen molar-refractivity contribution in [2.75, 3.05) is 5.32 Å². The molecule has 29 heavy (non-hydrogen) atoms. The molecule has 3 rings (SSSR count). The standard InChI is InChI=1S/C20H22N4O3S2/c1-14-7-6-10-17(13-14)18(25)21-19-22-23-20(28-19)29(26,27)24-15(2)11-12-16-8-4-3-5-9-16/h3-10,13,15,24H,11-12H2,1-2H3,(H,21,22,25)/t15-/m1/s1. The minimum atomic E-state index is -3.81. The summed E-state index contributed by atoms with van der Waals surface area (Å²) in [6, 6.07) is 16.7. The lowest BCUT2D eigenvalue weighted by atomic mass is 10.1. The van der Waals surface area contributed by atoms with Gasteiger partial charge >= 0.3 is 0 Å². The minimum Gasteiger partial charge on any atom is -0.296 e. The van der Waals surface area contributed by atoms with E-state index in [9.17, 15) is 13.2 Å². The normalized spacial score (nSPS) is 12.5. The smallest absolute Gasteiger partial charge is 0.270 e. The van der Waals surface area contributed by atoms with E-state index in [1.165, 1.54) is 0 Å². The molecule has 0 unspecified atom stereocenters. The van der Waals surface area contributed by atoms with Crippen LogP contribution in [-0.2, 0) is 16.4 Å². The molecule has 9 heteroatoms. The largest absolute Gasteiger partial charge is 0.296 e. The van der Waals surface area contributed by atoms with Crippen LogP contribution in [0.5, 0.6) is 0 Å². The van der Waals surface area contributed by atoms with Crippen LogP contribution in [0.2, 0.25) is 0 Å². The Morgan fingerprint density at radius 3 is 2.59 bits per heavy atom. The van der Waals surface area contributed by atoms with Gasteiger partial charge in [0.1, 0.15) is 0 Å². The molecule has 0 aliphatic rings. The molecule has 0 aliphatic carbocycles. The fraction of sp³-hybridized carbons (Fsp3) is 0.250. The highest BCUT2D eigenvalue weighted by Crippen LogP contribution is 2.21. The van der Waals surface area contributed by atoms with Gasteiger partial charge < -0.3 is 0 Å². The second-order valence-electron chi connectivity index (χ2n) is 6.74. The molecule has 1 heterocycles. The minimum absolute atomic E-state index is 0.133. The Balaban J connectivity index is 1.60. The Morgan fingerprint density at radius 2 is 1.86 bits per heavy atom. The van der Waals surface area contributed by atoms with E-state index in [1.54, 1.807) is 18.2 Å². The molecule has 2 N–H and O–H groups in total. The van der Waals surface area contributed by atoms with Crippen molar-refractivity contribution in [1.29, 1.82) is 0 Å². The van der Waals surface area contributed by atoms with E-state index in [0.29, 0.717) is 12.0 Å². The topological polar surface area (TPSA) is 101 Å². The van der Waals surface area contributed by atoms with Crippen molar-refractivity contribution in [3.05, 3.63) is 71.3 Å². The van der Waals surface area contributed by atoms with Gasteiger partial charge in [0.2, 0.25) is 9.47 Å². The molecule has 0 spiro atoms. The molecular formula is C20H22N4O3S2. The summed E-state index contributed by atoms with van der Waals surface area (Å²) in [7, 11) is -3.81. The van der Waals surface area contributed by atoms with Crippen molar-refractivity contribution in [3.63, 3.8) is 0 Å². The lowest BCUT2D eigenvalue weighted by Gasteiger charge is -2.12. The SMILES string of the molecule is Cc1cccc(C(=O)Nc2nnc(S(=O)(=O)N[C@H](C)CCc3ccccc3)s2)c1. The van der Waals surface area contributed by atoms with Crippen LogP contribution in [0, 0.1) is 6.92 Å². The summed E-state index contributed by atoms with van der Waals surface area (Å²) < 4.78 is 27.5. The number of carbonyl (C=O) groups is 1. The fourth-order valence-corrected chi connectivity index (χ4v) is 4.92. The Kier molecular flexibility index (Phi) is 6.73. The highest BCUT2D eigenvalue weighted by atomic mass is 32.2. The third-order valence-electron chi connectivity index (χ3n) is 4.20. The summed E-state index contributed by atoms with van der Waals surface area (Å²) in [4.78, 5) is 12.3. The van der Waals surface area contributed by atoms with E-state index in [-0.39, 0.29) is 21.4 Å². The molecular weight excluding hydrogens is 408 g/mol. The summed E-state index contributed by atoms with van der Waals surface area (Å²) >= 11 is 0.819. The number of benzene rings is 2. The number of rotatable bonds is 8. The van der Waals surface area contributed by atoms with E-state index in [1.807, 2.05) is 50.2 Å². The van der Waals surface area contributed by atoms with Crippen LogP contribution in [0.4, 0.5) is 5.13 Å². The average Bonchev–Trinajstić information content (AvgIpc) is 3.16. The molecule has 7 nitrogen and oxygen atoms in total. The Bertz CT molecular complexity index is 1080. The second-order valence-corrected chi connectivity index (χ2v) is 9.61. The van der Waals surface area contributed by atoms with Gasteiger partial charge in [0.05, 0.1) is 0 Å². The molecule has 0 aliphatic heterocycles. The van der Waals surface area contributed by atoms with Gasteiger partial charge in [0.25, 0.3) is 15.9 Å². The number of aryl methyl sites for hydroxylation is 2. The summed E-state index contributed by atoms with van der Waals surface area (Å²) in [5, 5.41) is 10.2. The van der Waals surface area contributed by atoms with E-state index >= 15 is 0 Å². The molecule has 0 bridgehead atoms. The van der Waals surface area contributed by atoms with E-state index in [2.05, 4.69) is 20.2 Å². The second kappa shape index (κ2) is 9.25. The number of hydrogen-bond acceptors (Lipinski definition) is 6. The number of nitrogens with one attached hydrogen (secondary N) is 2. The maximum Gasteiger partial charge on any atom is 0.270 e. The van der Waals surface area contributed by atoms with Crippen molar-refractivity contribution in [3.8, 4) is 0 Å². The lowest BCUT2D eigenvalue weighted by molar-refractivity contribution is 0.102. The maximum atomic E-state index is 12.6. The summed E-state index contributed by atoms with van der Waals surface area (Å²) in [6.45, 7) is 3.69. The molecule has 3 aromatic rings. The Morgan fingerprint density at radius 1 is 1.10 bits per heavy atom. The van der Waals surface area contributed by atoms with E-state index in [0.717, 1.165) is 28.9 Å². The monoisotopic (exact) mass is 430 g/mol. The van der Waals surface area contributed by atoms with Crippen LogP contribution in [-0.4, -0.2) is 30.6 Å². The molecule has 2 aromatic carbocycles. The van der Waals surface area contributed by atoms with Gasteiger partial charge in [-0.3, -0.25) is 10.1 Å². The third kappa shape index (κ3) is 5.93. The number of aromatic nitrogens is 2.